The van der Waals surface area contributed by atoms with E-state index in [2.05, 4.69) is 26.1 Å². The fraction of sp³-hybridized carbons (Fsp3) is 0.917. The molecule has 0 radical (unpaired) electrons. The molecular formula is C12H22N2OS. The fourth-order valence-electron chi connectivity index (χ4n) is 1.98. The number of thioether (sulfide) groups is 1. The standard InChI is InChI=1S/C12H22N2OS/c1-4-11(2)9-16-10(13-11)14-12(3)5-7-15-8-6-12/h4-9H2,1-3H3,(H,13,14). The quantitative estimate of drug-likeness (QED) is 0.807. The molecular weight excluding hydrogens is 220 g/mol. The highest BCUT2D eigenvalue weighted by Crippen LogP contribution is 2.31. The summed E-state index contributed by atoms with van der Waals surface area (Å²) in [6, 6.07) is 0. The lowest BCUT2D eigenvalue weighted by atomic mass is 9.93. The van der Waals surface area contributed by atoms with Gasteiger partial charge < -0.3 is 10.1 Å². The van der Waals surface area contributed by atoms with Crippen LogP contribution in [0.2, 0.25) is 0 Å². The van der Waals surface area contributed by atoms with Crippen LogP contribution in [0.15, 0.2) is 4.99 Å². The molecule has 1 unspecified atom stereocenters. The highest BCUT2D eigenvalue weighted by atomic mass is 32.2. The molecule has 2 heterocycles. The molecule has 2 aliphatic heterocycles. The van der Waals surface area contributed by atoms with Crippen LogP contribution in [-0.2, 0) is 4.74 Å². The number of hydrogen-bond donors (Lipinski definition) is 1. The first-order chi connectivity index (χ1) is 7.55. The molecule has 16 heavy (non-hydrogen) atoms. The molecule has 1 atom stereocenters. The Morgan fingerprint density at radius 1 is 1.38 bits per heavy atom. The SMILES string of the molecule is CCC1(C)CSC(NC2(C)CCOCC2)=N1. The molecule has 0 aromatic carbocycles. The van der Waals surface area contributed by atoms with Crippen LogP contribution in [0.1, 0.15) is 40.0 Å². The van der Waals surface area contributed by atoms with Gasteiger partial charge in [0, 0.05) is 24.5 Å². The molecule has 0 saturated carbocycles. The van der Waals surface area contributed by atoms with Crippen molar-refractivity contribution in [2.24, 2.45) is 4.99 Å². The smallest absolute Gasteiger partial charge is 0.157 e. The third-order valence-corrected chi connectivity index (χ3v) is 4.89. The Labute approximate surface area is 102 Å². The maximum absolute atomic E-state index is 5.40. The summed E-state index contributed by atoms with van der Waals surface area (Å²) in [7, 11) is 0. The topological polar surface area (TPSA) is 33.6 Å². The number of nitrogens with zero attached hydrogens (tertiary/aromatic N) is 1. The Morgan fingerprint density at radius 3 is 2.62 bits per heavy atom. The van der Waals surface area contributed by atoms with E-state index >= 15 is 0 Å². The molecule has 0 aromatic rings. The fourth-order valence-corrected chi connectivity index (χ4v) is 3.30. The molecule has 2 aliphatic rings. The third kappa shape index (κ3) is 2.72. The van der Waals surface area contributed by atoms with Gasteiger partial charge >= 0.3 is 0 Å². The first-order valence-electron chi connectivity index (χ1n) is 6.14. The van der Waals surface area contributed by atoms with Crippen LogP contribution < -0.4 is 5.32 Å². The van der Waals surface area contributed by atoms with Crippen molar-refractivity contribution < 1.29 is 4.74 Å². The molecule has 0 aromatic heterocycles. The number of nitrogens with one attached hydrogen (secondary N) is 1. The van der Waals surface area contributed by atoms with E-state index in [4.69, 9.17) is 9.73 Å². The zero-order valence-corrected chi connectivity index (χ0v) is 11.3. The van der Waals surface area contributed by atoms with Gasteiger partial charge in [0.15, 0.2) is 5.17 Å². The maximum atomic E-state index is 5.40. The van der Waals surface area contributed by atoms with E-state index in [1.165, 1.54) is 0 Å². The molecule has 4 heteroatoms. The van der Waals surface area contributed by atoms with Gasteiger partial charge in [0.1, 0.15) is 0 Å². The Bertz CT molecular complexity index is 287. The summed E-state index contributed by atoms with van der Waals surface area (Å²) in [6.07, 6.45) is 3.27. The Morgan fingerprint density at radius 2 is 2.06 bits per heavy atom. The van der Waals surface area contributed by atoms with Crippen molar-refractivity contribution in [2.75, 3.05) is 19.0 Å². The van der Waals surface area contributed by atoms with Crippen LogP contribution in [0.3, 0.4) is 0 Å². The first kappa shape index (κ1) is 12.2. The zero-order chi connectivity index (χ0) is 11.6. The van der Waals surface area contributed by atoms with Crippen molar-refractivity contribution in [1.82, 2.24) is 5.32 Å². The number of hydrogen-bond acceptors (Lipinski definition) is 4. The monoisotopic (exact) mass is 242 g/mol. The summed E-state index contributed by atoms with van der Waals surface area (Å²) in [4.78, 5) is 4.81. The molecule has 1 saturated heterocycles. The molecule has 0 amide bonds. The van der Waals surface area contributed by atoms with Gasteiger partial charge in [-0.3, -0.25) is 4.99 Å². The molecule has 92 valence electrons. The van der Waals surface area contributed by atoms with Gasteiger partial charge in [-0.1, -0.05) is 18.7 Å². The zero-order valence-electron chi connectivity index (χ0n) is 10.5. The highest BCUT2D eigenvalue weighted by molar-refractivity contribution is 8.14. The summed E-state index contributed by atoms with van der Waals surface area (Å²) < 4.78 is 5.40. The first-order valence-corrected chi connectivity index (χ1v) is 7.12. The van der Waals surface area contributed by atoms with E-state index < -0.39 is 0 Å². The van der Waals surface area contributed by atoms with Crippen molar-refractivity contribution in [3.8, 4) is 0 Å². The second kappa shape index (κ2) is 4.57. The van der Waals surface area contributed by atoms with E-state index in [1.54, 1.807) is 0 Å². The third-order valence-electron chi connectivity index (χ3n) is 3.66. The largest absolute Gasteiger partial charge is 0.381 e. The molecule has 3 nitrogen and oxygen atoms in total. The summed E-state index contributed by atoms with van der Waals surface area (Å²) >= 11 is 1.86. The predicted molar refractivity (Wildman–Crippen MR) is 70.2 cm³/mol. The van der Waals surface area contributed by atoms with Crippen LogP contribution in [0, 0.1) is 0 Å². The van der Waals surface area contributed by atoms with Gasteiger partial charge in [-0.15, -0.1) is 0 Å². The molecule has 1 N–H and O–H groups in total. The summed E-state index contributed by atoms with van der Waals surface area (Å²) in [5, 5.41) is 4.75. The molecule has 0 bridgehead atoms. The van der Waals surface area contributed by atoms with E-state index in [0.29, 0.717) is 0 Å². The second-order valence-electron chi connectivity index (χ2n) is 5.35. The lowest BCUT2D eigenvalue weighted by molar-refractivity contribution is 0.0527. The number of aliphatic imine (C=N–C) groups is 1. The van der Waals surface area contributed by atoms with Crippen molar-refractivity contribution in [3.05, 3.63) is 0 Å². The summed E-state index contributed by atoms with van der Waals surface area (Å²) in [6.45, 7) is 8.46. The minimum Gasteiger partial charge on any atom is -0.381 e. The van der Waals surface area contributed by atoms with Gasteiger partial charge in [-0.2, -0.15) is 0 Å². The maximum Gasteiger partial charge on any atom is 0.157 e. The van der Waals surface area contributed by atoms with Gasteiger partial charge in [0.25, 0.3) is 0 Å². The van der Waals surface area contributed by atoms with Crippen LogP contribution in [0.25, 0.3) is 0 Å². The van der Waals surface area contributed by atoms with E-state index in [9.17, 15) is 0 Å². The second-order valence-corrected chi connectivity index (χ2v) is 6.32. The predicted octanol–water partition coefficient (Wildman–Crippen LogP) is 2.42. The Balaban J connectivity index is 1.97. The van der Waals surface area contributed by atoms with Gasteiger partial charge in [0.2, 0.25) is 0 Å². The van der Waals surface area contributed by atoms with Crippen LogP contribution in [0.4, 0.5) is 0 Å². The number of rotatable bonds is 2. The van der Waals surface area contributed by atoms with E-state index in [1.807, 2.05) is 11.8 Å². The normalized spacial score (nSPS) is 33.6. The molecule has 0 aliphatic carbocycles. The lowest BCUT2D eigenvalue weighted by Crippen LogP contribution is -2.48. The number of amidine groups is 1. The molecule has 0 spiro atoms. The average Bonchev–Trinajstić information content (AvgIpc) is 2.61. The number of ether oxygens (including phenoxy) is 1. The van der Waals surface area contributed by atoms with Gasteiger partial charge in [-0.25, -0.2) is 0 Å². The van der Waals surface area contributed by atoms with Crippen LogP contribution in [0.5, 0.6) is 0 Å². The Kier molecular flexibility index (Phi) is 3.50. The van der Waals surface area contributed by atoms with Crippen LogP contribution >= 0.6 is 11.8 Å². The van der Waals surface area contributed by atoms with Crippen molar-refractivity contribution >= 4 is 16.9 Å². The van der Waals surface area contributed by atoms with Gasteiger partial charge in [0.05, 0.1) is 5.54 Å². The van der Waals surface area contributed by atoms with Crippen molar-refractivity contribution in [1.29, 1.82) is 0 Å². The highest BCUT2D eigenvalue weighted by Gasteiger charge is 2.33. The van der Waals surface area contributed by atoms with Crippen LogP contribution in [-0.4, -0.2) is 35.2 Å². The Hall–Kier alpha value is -0.220. The molecule has 1 fully saturated rings. The lowest BCUT2D eigenvalue weighted by Gasteiger charge is -2.35. The average molecular weight is 242 g/mol. The summed E-state index contributed by atoms with van der Waals surface area (Å²) in [5.41, 5.74) is 0.331. The van der Waals surface area contributed by atoms with E-state index in [-0.39, 0.29) is 11.1 Å². The van der Waals surface area contributed by atoms with Crippen molar-refractivity contribution in [2.45, 2.75) is 51.1 Å². The van der Waals surface area contributed by atoms with E-state index in [0.717, 1.165) is 43.4 Å². The van der Waals surface area contributed by atoms with Gasteiger partial charge in [-0.05, 0) is 33.1 Å². The minimum atomic E-state index is 0.147. The molecule has 2 rings (SSSR count). The van der Waals surface area contributed by atoms with Crippen molar-refractivity contribution in [3.63, 3.8) is 0 Å². The summed E-state index contributed by atoms with van der Waals surface area (Å²) in [5.74, 6) is 1.11. The minimum absolute atomic E-state index is 0.147.